The zero-order chi connectivity index (χ0) is 20.6. The average molecular weight is 407 g/mol. The highest BCUT2D eigenvalue weighted by molar-refractivity contribution is 7.90. The third kappa shape index (κ3) is 3.19. The zero-order valence-corrected chi connectivity index (χ0v) is 16.3. The first-order chi connectivity index (χ1) is 13.9. The van der Waals surface area contributed by atoms with Crippen molar-refractivity contribution in [3.05, 3.63) is 89.5 Å². The predicted molar refractivity (Wildman–Crippen MR) is 107 cm³/mol. The van der Waals surface area contributed by atoms with Gasteiger partial charge in [0.05, 0.1) is 24.8 Å². The van der Waals surface area contributed by atoms with E-state index in [1.54, 1.807) is 30.3 Å². The maximum absolute atomic E-state index is 12.8. The number of sulfonamides is 1. The van der Waals surface area contributed by atoms with Gasteiger partial charge in [-0.25, -0.2) is 17.5 Å². The molecule has 1 amide bonds. The molecule has 0 aliphatic carbocycles. The van der Waals surface area contributed by atoms with Gasteiger partial charge in [-0.3, -0.25) is 4.79 Å². The van der Waals surface area contributed by atoms with Crippen molar-refractivity contribution in [3.63, 3.8) is 0 Å². The molecule has 0 unspecified atom stereocenters. The fraction of sp³-hybridized carbons (Fsp3) is 0.0909. The first-order valence-corrected chi connectivity index (χ1v) is 10.3. The number of hydrogen-bond acceptors (Lipinski definition) is 5. The van der Waals surface area contributed by atoms with E-state index < -0.39 is 21.9 Å². The van der Waals surface area contributed by atoms with Crippen molar-refractivity contribution in [2.45, 2.75) is 11.4 Å². The largest absolute Gasteiger partial charge is 0.465 e. The molecular weight excluding hydrogens is 390 g/mol. The molecule has 0 fully saturated rings. The summed E-state index contributed by atoms with van der Waals surface area (Å²) in [5, 5.41) is 0. The highest BCUT2D eigenvalue weighted by atomic mass is 32.2. The standard InChI is InChI=1S/C22H17NO5S/c1-28-22(25)17-12-11-15(13-19(17)16-7-3-2-4-8-16)14-23-21(24)18-9-5-6-10-20(18)29(23,26)27/h2-13H,14H2,1H3. The molecule has 6 nitrogen and oxygen atoms in total. The van der Waals surface area contributed by atoms with Crippen molar-refractivity contribution in [1.29, 1.82) is 0 Å². The number of benzene rings is 3. The molecule has 0 spiro atoms. The van der Waals surface area contributed by atoms with Crippen LogP contribution in [0.15, 0.2) is 77.7 Å². The summed E-state index contributed by atoms with van der Waals surface area (Å²) in [5.41, 5.74) is 2.51. The number of amides is 1. The zero-order valence-electron chi connectivity index (χ0n) is 15.5. The second-order valence-electron chi connectivity index (χ2n) is 6.55. The van der Waals surface area contributed by atoms with Crippen LogP contribution in [0.3, 0.4) is 0 Å². The predicted octanol–water partition coefficient (Wildman–Crippen LogP) is 3.48. The number of hydrogen-bond donors (Lipinski definition) is 0. The third-order valence-electron chi connectivity index (χ3n) is 4.81. The summed E-state index contributed by atoms with van der Waals surface area (Å²) in [4.78, 5) is 24.9. The van der Waals surface area contributed by atoms with E-state index in [4.69, 9.17) is 4.74 Å². The average Bonchev–Trinajstić information content (AvgIpc) is 2.94. The van der Waals surface area contributed by atoms with E-state index in [0.717, 1.165) is 9.87 Å². The van der Waals surface area contributed by atoms with Gasteiger partial charge in [0, 0.05) is 0 Å². The summed E-state index contributed by atoms with van der Waals surface area (Å²) in [6.07, 6.45) is 0. The number of carbonyl (C=O) groups excluding carboxylic acids is 2. The fourth-order valence-corrected chi connectivity index (χ4v) is 4.94. The van der Waals surface area contributed by atoms with Crippen LogP contribution in [-0.4, -0.2) is 31.7 Å². The van der Waals surface area contributed by atoms with Gasteiger partial charge in [0.25, 0.3) is 15.9 Å². The SMILES string of the molecule is COC(=O)c1ccc(CN2C(=O)c3ccccc3S2(=O)=O)cc1-c1ccccc1. The van der Waals surface area contributed by atoms with Crippen LogP contribution in [0, 0.1) is 0 Å². The first kappa shape index (κ1) is 18.9. The Balaban J connectivity index is 1.76. The van der Waals surface area contributed by atoms with E-state index in [1.807, 2.05) is 30.3 Å². The van der Waals surface area contributed by atoms with E-state index in [1.165, 1.54) is 19.2 Å². The molecule has 0 radical (unpaired) electrons. The molecule has 0 atom stereocenters. The Morgan fingerprint density at radius 3 is 2.31 bits per heavy atom. The Kier molecular flexibility index (Phi) is 4.68. The molecule has 146 valence electrons. The molecule has 0 N–H and O–H groups in total. The molecule has 0 saturated heterocycles. The van der Waals surface area contributed by atoms with Gasteiger partial charge in [0.1, 0.15) is 4.90 Å². The Bertz CT molecular complexity index is 1220. The Hall–Kier alpha value is -3.45. The van der Waals surface area contributed by atoms with Crippen LogP contribution in [0.2, 0.25) is 0 Å². The van der Waals surface area contributed by atoms with E-state index in [2.05, 4.69) is 0 Å². The molecule has 4 rings (SSSR count). The minimum atomic E-state index is -3.91. The van der Waals surface area contributed by atoms with Gasteiger partial charge in [-0.1, -0.05) is 48.5 Å². The van der Waals surface area contributed by atoms with Crippen LogP contribution in [-0.2, 0) is 21.3 Å². The smallest absolute Gasteiger partial charge is 0.338 e. The van der Waals surface area contributed by atoms with Crippen LogP contribution < -0.4 is 0 Å². The number of rotatable bonds is 4. The van der Waals surface area contributed by atoms with Crippen LogP contribution >= 0.6 is 0 Å². The Morgan fingerprint density at radius 1 is 0.931 bits per heavy atom. The summed E-state index contributed by atoms with van der Waals surface area (Å²) in [6.45, 7) is -0.128. The van der Waals surface area contributed by atoms with Gasteiger partial charge in [0.15, 0.2) is 0 Å². The minimum absolute atomic E-state index is 0.0134. The Labute approximate surface area is 168 Å². The molecule has 7 heteroatoms. The number of fused-ring (bicyclic) bond motifs is 1. The number of carbonyl (C=O) groups is 2. The van der Waals surface area contributed by atoms with Crippen LogP contribution in [0.4, 0.5) is 0 Å². The molecule has 0 saturated carbocycles. The molecule has 29 heavy (non-hydrogen) atoms. The summed E-state index contributed by atoms with van der Waals surface area (Å²) < 4.78 is 31.3. The number of nitrogens with zero attached hydrogens (tertiary/aromatic N) is 1. The van der Waals surface area contributed by atoms with E-state index in [0.29, 0.717) is 16.7 Å². The molecule has 1 aliphatic heterocycles. The van der Waals surface area contributed by atoms with Crippen LogP contribution in [0.25, 0.3) is 11.1 Å². The lowest BCUT2D eigenvalue weighted by Gasteiger charge is -2.17. The van der Waals surface area contributed by atoms with Gasteiger partial charge in [-0.2, -0.15) is 0 Å². The molecule has 1 heterocycles. The lowest BCUT2D eigenvalue weighted by molar-refractivity contribution is 0.0601. The molecule has 3 aromatic rings. The molecule has 1 aliphatic rings. The van der Waals surface area contributed by atoms with Crippen LogP contribution in [0.5, 0.6) is 0 Å². The minimum Gasteiger partial charge on any atom is -0.465 e. The van der Waals surface area contributed by atoms with Crippen molar-refractivity contribution in [2.75, 3.05) is 7.11 Å². The van der Waals surface area contributed by atoms with Crippen LogP contribution in [0.1, 0.15) is 26.3 Å². The Morgan fingerprint density at radius 2 is 1.62 bits per heavy atom. The number of methoxy groups -OCH3 is 1. The van der Waals surface area contributed by atoms with Gasteiger partial charge in [-0.05, 0) is 41.0 Å². The maximum atomic E-state index is 12.8. The lowest BCUT2D eigenvalue weighted by Crippen LogP contribution is -2.29. The highest BCUT2D eigenvalue weighted by Gasteiger charge is 2.40. The van der Waals surface area contributed by atoms with Crippen molar-refractivity contribution in [3.8, 4) is 11.1 Å². The third-order valence-corrected chi connectivity index (χ3v) is 6.60. The summed E-state index contributed by atoms with van der Waals surface area (Å²) in [7, 11) is -2.61. The molecule has 0 aromatic heterocycles. The van der Waals surface area contributed by atoms with Gasteiger partial charge in [0.2, 0.25) is 0 Å². The van der Waals surface area contributed by atoms with Crippen molar-refractivity contribution < 1.29 is 22.7 Å². The summed E-state index contributed by atoms with van der Waals surface area (Å²) in [5.74, 6) is -1.05. The molecule has 0 bridgehead atoms. The topological polar surface area (TPSA) is 80.8 Å². The monoisotopic (exact) mass is 407 g/mol. The van der Waals surface area contributed by atoms with E-state index >= 15 is 0 Å². The first-order valence-electron chi connectivity index (χ1n) is 8.86. The van der Waals surface area contributed by atoms with E-state index in [-0.39, 0.29) is 17.0 Å². The highest BCUT2D eigenvalue weighted by Crippen LogP contribution is 2.32. The second kappa shape index (κ2) is 7.18. The lowest BCUT2D eigenvalue weighted by atomic mass is 9.97. The molecular formula is C22H17NO5S. The van der Waals surface area contributed by atoms with Crippen molar-refractivity contribution in [1.82, 2.24) is 4.31 Å². The quantitative estimate of drug-likeness (QED) is 0.619. The van der Waals surface area contributed by atoms with Crippen molar-refractivity contribution >= 4 is 21.9 Å². The van der Waals surface area contributed by atoms with Gasteiger partial charge >= 0.3 is 5.97 Å². The summed E-state index contributed by atoms with van der Waals surface area (Å²) in [6, 6.07) is 20.3. The fourth-order valence-electron chi connectivity index (χ4n) is 3.39. The normalized spacial score (nSPS) is 14.5. The second-order valence-corrected chi connectivity index (χ2v) is 8.38. The maximum Gasteiger partial charge on any atom is 0.338 e. The number of esters is 1. The summed E-state index contributed by atoms with van der Waals surface area (Å²) >= 11 is 0. The molecule has 3 aromatic carbocycles. The van der Waals surface area contributed by atoms with Gasteiger partial charge in [-0.15, -0.1) is 0 Å². The van der Waals surface area contributed by atoms with Gasteiger partial charge < -0.3 is 4.74 Å². The van der Waals surface area contributed by atoms with E-state index in [9.17, 15) is 18.0 Å². The van der Waals surface area contributed by atoms with Crippen molar-refractivity contribution in [2.24, 2.45) is 0 Å². The number of ether oxygens (including phenoxy) is 1.